The van der Waals surface area contributed by atoms with Gasteiger partial charge in [0.2, 0.25) is 11.8 Å². The molecule has 6 heteroatoms. The van der Waals surface area contributed by atoms with E-state index in [1.165, 1.54) is 13.8 Å². The van der Waals surface area contributed by atoms with Gasteiger partial charge in [-0.1, -0.05) is 0 Å². The SMILES string of the molecule is CC(C(=O)O)=C(C)C(=O)N1CCC(CC(N)=O)CC1. The van der Waals surface area contributed by atoms with Crippen LogP contribution in [0.2, 0.25) is 0 Å². The Morgan fingerprint density at radius 3 is 2.11 bits per heavy atom. The lowest BCUT2D eigenvalue weighted by Gasteiger charge is -2.32. The van der Waals surface area contributed by atoms with E-state index in [-0.39, 0.29) is 28.9 Å². The molecule has 1 fully saturated rings. The van der Waals surface area contributed by atoms with E-state index in [0.29, 0.717) is 19.5 Å². The number of aliphatic carboxylic acids is 1. The molecule has 0 unspecified atom stereocenters. The molecule has 0 saturated carbocycles. The van der Waals surface area contributed by atoms with Crippen LogP contribution in [-0.2, 0) is 14.4 Å². The number of carboxylic acids is 1. The molecule has 1 rings (SSSR count). The minimum atomic E-state index is -1.07. The highest BCUT2D eigenvalue weighted by Gasteiger charge is 2.25. The summed E-state index contributed by atoms with van der Waals surface area (Å²) in [4.78, 5) is 35.4. The zero-order valence-corrected chi connectivity index (χ0v) is 11.3. The topological polar surface area (TPSA) is 101 Å². The minimum Gasteiger partial charge on any atom is -0.478 e. The molecule has 0 radical (unpaired) electrons. The molecule has 0 aromatic heterocycles. The van der Waals surface area contributed by atoms with E-state index < -0.39 is 5.97 Å². The number of carboxylic acid groups (broad SMARTS) is 1. The second kappa shape index (κ2) is 6.36. The van der Waals surface area contributed by atoms with Gasteiger partial charge >= 0.3 is 5.97 Å². The number of nitrogens with zero attached hydrogens (tertiary/aromatic N) is 1. The van der Waals surface area contributed by atoms with Crippen molar-refractivity contribution in [1.29, 1.82) is 0 Å². The van der Waals surface area contributed by atoms with Gasteiger partial charge < -0.3 is 15.7 Å². The van der Waals surface area contributed by atoms with Crippen LogP contribution in [0.3, 0.4) is 0 Å². The monoisotopic (exact) mass is 268 g/mol. The smallest absolute Gasteiger partial charge is 0.331 e. The maximum absolute atomic E-state index is 12.1. The molecule has 3 N–H and O–H groups in total. The molecule has 1 heterocycles. The van der Waals surface area contributed by atoms with Crippen LogP contribution in [0.5, 0.6) is 0 Å². The van der Waals surface area contributed by atoms with Crippen molar-refractivity contribution in [3.63, 3.8) is 0 Å². The summed E-state index contributed by atoms with van der Waals surface area (Å²) in [6, 6.07) is 0. The minimum absolute atomic E-state index is 0.0734. The molecule has 6 nitrogen and oxygen atoms in total. The van der Waals surface area contributed by atoms with Crippen LogP contribution in [0.4, 0.5) is 0 Å². The maximum Gasteiger partial charge on any atom is 0.331 e. The fourth-order valence-electron chi connectivity index (χ4n) is 2.18. The number of piperidine rings is 1. The summed E-state index contributed by atoms with van der Waals surface area (Å²) in [7, 11) is 0. The third kappa shape index (κ3) is 4.08. The number of carbonyl (C=O) groups is 3. The van der Waals surface area contributed by atoms with Crippen LogP contribution in [0.25, 0.3) is 0 Å². The van der Waals surface area contributed by atoms with Crippen LogP contribution >= 0.6 is 0 Å². The largest absolute Gasteiger partial charge is 0.478 e. The first-order chi connectivity index (χ1) is 8.82. The lowest BCUT2D eigenvalue weighted by molar-refractivity contribution is -0.134. The fraction of sp³-hybridized carbons (Fsp3) is 0.615. The Morgan fingerprint density at radius 1 is 1.16 bits per heavy atom. The van der Waals surface area contributed by atoms with Crippen molar-refractivity contribution in [2.45, 2.75) is 33.1 Å². The summed E-state index contributed by atoms with van der Waals surface area (Å²) in [5, 5.41) is 8.86. The first-order valence-corrected chi connectivity index (χ1v) is 6.31. The molecule has 1 aliphatic rings. The van der Waals surface area contributed by atoms with Crippen LogP contribution in [-0.4, -0.2) is 40.9 Å². The third-order valence-electron chi connectivity index (χ3n) is 3.60. The Bertz CT molecular complexity index is 420. The number of rotatable bonds is 4. The molecule has 0 atom stereocenters. The van der Waals surface area contributed by atoms with Crippen molar-refractivity contribution in [2.24, 2.45) is 11.7 Å². The van der Waals surface area contributed by atoms with Crippen molar-refractivity contribution >= 4 is 17.8 Å². The van der Waals surface area contributed by atoms with Gasteiger partial charge in [0.15, 0.2) is 0 Å². The van der Waals surface area contributed by atoms with E-state index in [1.54, 1.807) is 4.90 Å². The summed E-state index contributed by atoms with van der Waals surface area (Å²) < 4.78 is 0. The van der Waals surface area contributed by atoms with Crippen molar-refractivity contribution in [3.05, 3.63) is 11.1 Å². The first-order valence-electron chi connectivity index (χ1n) is 6.31. The second-order valence-electron chi connectivity index (χ2n) is 4.96. The zero-order valence-electron chi connectivity index (χ0n) is 11.3. The number of hydrogen-bond acceptors (Lipinski definition) is 3. The van der Waals surface area contributed by atoms with E-state index in [2.05, 4.69) is 0 Å². The standard InChI is InChI=1S/C13H20N2O4/c1-8(9(2)13(18)19)12(17)15-5-3-10(4-6-15)7-11(14)16/h10H,3-7H2,1-2H3,(H2,14,16)(H,18,19). The zero-order chi connectivity index (χ0) is 14.6. The highest BCUT2D eigenvalue weighted by Crippen LogP contribution is 2.21. The van der Waals surface area contributed by atoms with Crippen molar-refractivity contribution in [2.75, 3.05) is 13.1 Å². The Balaban J connectivity index is 2.61. The third-order valence-corrected chi connectivity index (χ3v) is 3.60. The van der Waals surface area contributed by atoms with Gasteiger partial charge in [0.1, 0.15) is 0 Å². The van der Waals surface area contributed by atoms with E-state index in [4.69, 9.17) is 10.8 Å². The number of amides is 2. The summed E-state index contributed by atoms with van der Waals surface area (Å²) in [5.74, 6) is -1.40. The molecule has 0 aromatic carbocycles. The summed E-state index contributed by atoms with van der Waals surface area (Å²) >= 11 is 0. The van der Waals surface area contributed by atoms with Gasteiger partial charge in [0, 0.05) is 30.7 Å². The Hall–Kier alpha value is -1.85. The summed E-state index contributed by atoms with van der Waals surface area (Å²) in [6.45, 7) is 4.04. The van der Waals surface area contributed by atoms with Crippen molar-refractivity contribution in [1.82, 2.24) is 4.90 Å². The van der Waals surface area contributed by atoms with E-state index >= 15 is 0 Å². The Kier molecular flexibility index (Phi) is 5.09. The predicted octanol–water partition coefficient (Wildman–Crippen LogP) is 0.521. The number of likely N-dealkylation sites (tertiary alicyclic amines) is 1. The molecule has 0 spiro atoms. The van der Waals surface area contributed by atoms with Crippen molar-refractivity contribution in [3.8, 4) is 0 Å². The quantitative estimate of drug-likeness (QED) is 0.726. The Morgan fingerprint density at radius 2 is 1.68 bits per heavy atom. The van der Waals surface area contributed by atoms with Crippen molar-refractivity contribution < 1.29 is 19.5 Å². The van der Waals surface area contributed by atoms with Crippen LogP contribution in [0.15, 0.2) is 11.1 Å². The maximum atomic E-state index is 12.1. The molecule has 0 aromatic rings. The van der Waals surface area contributed by atoms with E-state index in [0.717, 1.165) is 12.8 Å². The summed E-state index contributed by atoms with van der Waals surface area (Å²) in [5.41, 5.74) is 5.48. The number of hydrogen-bond donors (Lipinski definition) is 2. The van der Waals surface area contributed by atoms with Gasteiger partial charge in [-0.2, -0.15) is 0 Å². The molecule has 19 heavy (non-hydrogen) atoms. The molecule has 0 bridgehead atoms. The lowest BCUT2D eigenvalue weighted by atomic mass is 9.93. The van der Waals surface area contributed by atoms with Gasteiger partial charge in [0.05, 0.1) is 0 Å². The van der Waals surface area contributed by atoms with Crippen LogP contribution in [0.1, 0.15) is 33.1 Å². The number of primary amides is 1. The predicted molar refractivity (Wildman–Crippen MR) is 69.1 cm³/mol. The fourth-order valence-corrected chi connectivity index (χ4v) is 2.18. The second-order valence-corrected chi connectivity index (χ2v) is 4.96. The average Bonchev–Trinajstić information content (AvgIpc) is 2.36. The van der Waals surface area contributed by atoms with E-state index in [1.807, 2.05) is 0 Å². The van der Waals surface area contributed by atoms with Crippen LogP contribution in [0, 0.1) is 5.92 Å². The molecule has 0 aliphatic carbocycles. The molecule has 1 aliphatic heterocycles. The number of nitrogens with two attached hydrogens (primary N) is 1. The highest BCUT2D eigenvalue weighted by molar-refractivity contribution is 6.01. The number of carbonyl (C=O) groups excluding carboxylic acids is 2. The molecular weight excluding hydrogens is 248 g/mol. The van der Waals surface area contributed by atoms with Gasteiger partial charge in [0.25, 0.3) is 0 Å². The van der Waals surface area contributed by atoms with Gasteiger partial charge in [-0.25, -0.2) is 4.79 Å². The highest BCUT2D eigenvalue weighted by atomic mass is 16.4. The van der Waals surface area contributed by atoms with Gasteiger partial charge in [-0.05, 0) is 32.6 Å². The van der Waals surface area contributed by atoms with Gasteiger partial charge in [-0.15, -0.1) is 0 Å². The molecular formula is C13H20N2O4. The first kappa shape index (κ1) is 15.2. The summed E-state index contributed by atoms with van der Waals surface area (Å²) in [6.07, 6.45) is 1.81. The molecule has 106 valence electrons. The average molecular weight is 268 g/mol. The molecule has 1 saturated heterocycles. The lowest BCUT2D eigenvalue weighted by Crippen LogP contribution is -2.40. The van der Waals surface area contributed by atoms with E-state index in [9.17, 15) is 14.4 Å². The van der Waals surface area contributed by atoms with Crippen LogP contribution < -0.4 is 5.73 Å². The molecule has 2 amide bonds. The van der Waals surface area contributed by atoms with Gasteiger partial charge in [-0.3, -0.25) is 9.59 Å². The normalized spacial score (nSPS) is 17.9. The Labute approximate surface area is 112 Å².